The second-order valence-corrected chi connectivity index (χ2v) is 5.65. The number of nitrogens with zero attached hydrogens (tertiary/aromatic N) is 2. The summed E-state index contributed by atoms with van der Waals surface area (Å²) in [5, 5.41) is 4.07. The van der Waals surface area contributed by atoms with Crippen molar-refractivity contribution in [3.8, 4) is 11.4 Å². The third-order valence-corrected chi connectivity index (χ3v) is 3.62. The summed E-state index contributed by atoms with van der Waals surface area (Å²) in [6.07, 6.45) is 3.55. The first-order valence-electron chi connectivity index (χ1n) is 7.15. The van der Waals surface area contributed by atoms with Gasteiger partial charge in [0.1, 0.15) is 5.82 Å². The molecule has 0 bridgehead atoms. The maximum atomic E-state index is 6.06. The Balaban J connectivity index is 1.98. The van der Waals surface area contributed by atoms with E-state index in [0.29, 0.717) is 10.9 Å². The second-order valence-electron chi connectivity index (χ2n) is 5.21. The fourth-order valence-corrected chi connectivity index (χ4v) is 2.34. The Morgan fingerprint density at radius 3 is 2.80 bits per heavy atom. The lowest BCUT2D eigenvalue weighted by Crippen LogP contribution is -2.05. The van der Waals surface area contributed by atoms with E-state index in [9.17, 15) is 0 Å². The number of hydrogen-bond donors (Lipinski definition) is 1. The van der Waals surface area contributed by atoms with Gasteiger partial charge in [-0.1, -0.05) is 30.7 Å². The summed E-state index contributed by atoms with van der Waals surface area (Å²) in [6, 6.07) is 9.80. The average molecular weight is 288 g/mol. The average Bonchev–Trinajstić information content (AvgIpc) is 3.29. The molecule has 2 aromatic rings. The third kappa shape index (κ3) is 3.10. The van der Waals surface area contributed by atoms with E-state index in [1.54, 1.807) is 0 Å². The number of halogens is 1. The van der Waals surface area contributed by atoms with Crippen LogP contribution in [0.4, 0.5) is 5.82 Å². The van der Waals surface area contributed by atoms with Gasteiger partial charge in [0.15, 0.2) is 5.82 Å². The minimum absolute atomic E-state index is 0.609. The van der Waals surface area contributed by atoms with Crippen molar-refractivity contribution in [1.82, 2.24) is 9.97 Å². The topological polar surface area (TPSA) is 37.8 Å². The van der Waals surface area contributed by atoms with Gasteiger partial charge < -0.3 is 5.32 Å². The van der Waals surface area contributed by atoms with E-state index in [1.165, 1.54) is 12.8 Å². The minimum Gasteiger partial charge on any atom is -0.370 e. The van der Waals surface area contributed by atoms with Crippen molar-refractivity contribution in [2.45, 2.75) is 32.1 Å². The van der Waals surface area contributed by atoms with Crippen LogP contribution in [0, 0.1) is 0 Å². The van der Waals surface area contributed by atoms with Gasteiger partial charge in [-0.25, -0.2) is 9.97 Å². The van der Waals surface area contributed by atoms with Gasteiger partial charge >= 0.3 is 0 Å². The Kier molecular flexibility index (Phi) is 3.88. The first-order chi connectivity index (χ1) is 9.76. The lowest BCUT2D eigenvalue weighted by molar-refractivity contribution is 0.948. The number of anilines is 1. The Morgan fingerprint density at radius 2 is 2.10 bits per heavy atom. The molecule has 1 fully saturated rings. The molecule has 4 heteroatoms. The molecule has 3 nitrogen and oxygen atoms in total. The number of benzene rings is 1. The molecule has 1 heterocycles. The number of hydrogen-bond acceptors (Lipinski definition) is 3. The van der Waals surface area contributed by atoms with Crippen LogP contribution < -0.4 is 5.32 Å². The van der Waals surface area contributed by atoms with Gasteiger partial charge in [0.2, 0.25) is 0 Å². The van der Waals surface area contributed by atoms with Crippen LogP contribution >= 0.6 is 11.6 Å². The number of aromatic nitrogens is 2. The summed E-state index contributed by atoms with van der Waals surface area (Å²) in [6.45, 7) is 3.07. The maximum absolute atomic E-state index is 6.06. The van der Waals surface area contributed by atoms with Crippen molar-refractivity contribution in [2.75, 3.05) is 11.9 Å². The van der Waals surface area contributed by atoms with Gasteiger partial charge in [-0.15, -0.1) is 0 Å². The molecule has 0 atom stereocenters. The number of nitrogens with one attached hydrogen (secondary N) is 1. The van der Waals surface area contributed by atoms with Gasteiger partial charge in [0.25, 0.3) is 0 Å². The van der Waals surface area contributed by atoms with Crippen LogP contribution in [0.15, 0.2) is 30.3 Å². The molecule has 0 saturated heterocycles. The summed E-state index contributed by atoms with van der Waals surface area (Å²) in [4.78, 5) is 9.32. The minimum atomic E-state index is 0.609. The van der Waals surface area contributed by atoms with E-state index in [1.807, 2.05) is 24.3 Å². The monoisotopic (exact) mass is 287 g/mol. The Hall–Kier alpha value is -1.61. The Bertz CT molecular complexity index is 608. The van der Waals surface area contributed by atoms with Crippen molar-refractivity contribution >= 4 is 17.4 Å². The molecular weight excluding hydrogens is 270 g/mol. The second kappa shape index (κ2) is 5.80. The first kappa shape index (κ1) is 13.4. The van der Waals surface area contributed by atoms with E-state index in [-0.39, 0.29) is 0 Å². The van der Waals surface area contributed by atoms with E-state index >= 15 is 0 Å². The van der Waals surface area contributed by atoms with Crippen LogP contribution in [-0.4, -0.2) is 16.5 Å². The molecule has 3 rings (SSSR count). The normalized spacial score (nSPS) is 14.3. The summed E-state index contributed by atoms with van der Waals surface area (Å²) in [7, 11) is 0. The molecule has 1 saturated carbocycles. The van der Waals surface area contributed by atoms with Crippen LogP contribution in [0.3, 0.4) is 0 Å². The highest BCUT2D eigenvalue weighted by molar-refractivity contribution is 6.30. The molecule has 20 heavy (non-hydrogen) atoms. The van der Waals surface area contributed by atoms with Gasteiger partial charge in [-0.05, 0) is 31.4 Å². The van der Waals surface area contributed by atoms with E-state index in [2.05, 4.69) is 23.3 Å². The van der Waals surface area contributed by atoms with Crippen molar-refractivity contribution in [3.05, 3.63) is 41.0 Å². The molecule has 0 spiro atoms. The zero-order chi connectivity index (χ0) is 13.9. The van der Waals surface area contributed by atoms with Gasteiger partial charge in [0, 0.05) is 34.8 Å². The zero-order valence-electron chi connectivity index (χ0n) is 11.6. The Labute approximate surface area is 124 Å². The van der Waals surface area contributed by atoms with Crippen LogP contribution in [0.2, 0.25) is 5.02 Å². The number of rotatable bonds is 5. The first-order valence-corrected chi connectivity index (χ1v) is 7.53. The zero-order valence-corrected chi connectivity index (χ0v) is 12.3. The maximum Gasteiger partial charge on any atom is 0.161 e. The van der Waals surface area contributed by atoms with E-state index < -0.39 is 0 Å². The van der Waals surface area contributed by atoms with Crippen LogP contribution in [-0.2, 0) is 0 Å². The lowest BCUT2D eigenvalue weighted by atomic mass is 10.2. The quantitative estimate of drug-likeness (QED) is 0.880. The molecule has 0 unspecified atom stereocenters. The summed E-state index contributed by atoms with van der Waals surface area (Å²) < 4.78 is 0. The largest absolute Gasteiger partial charge is 0.370 e. The van der Waals surface area contributed by atoms with Crippen LogP contribution in [0.5, 0.6) is 0 Å². The predicted molar refractivity (Wildman–Crippen MR) is 83.2 cm³/mol. The van der Waals surface area contributed by atoms with Crippen molar-refractivity contribution < 1.29 is 0 Å². The highest BCUT2D eigenvalue weighted by Crippen LogP contribution is 2.40. The molecular formula is C16H18ClN3. The SMILES string of the molecule is CCCNc1cc(C2CC2)nc(-c2cccc(Cl)c2)n1. The smallest absolute Gasteiger partial charge is 0.161 e. The molecule has 0 aliphatic heterocycles. The van der Waals surface area contributed by atoms with E-state index in [0.717, 1.165) is 35.9 Å². The van der Waals surface area contributed by atoms with Crippen LogP contribution in [0.25, 0.3) is 11.4 Å². The predicted octanol–water partition coefficient (Wildman–Crippen LogP) is 4.50. The summed E-state index contributed by atoms with van der Waals surface area (Å²) >= 11 is 6.06. The van der Waals surface area contributed by atoms with Gasteiger partial charge in [-0.2, -0.15) is 0 Å². The molecule has 1 aliphatic carbocycles. The highest BCUT2D eigenvalue weighted by atomic mass is 35.5. The third-order valence-electron chi connectivity index (χ3n) is 3.38. The summed E-state index contributed by atoms with van der Waals surface area (Å²) in [5.41, 5.74) is 2.12. The lowest BCUT2D eigenvalue weighted by Gasteiger charge is -2.09. The fraction of sp³-hybridized carbons (Fsp3) is 0.375. The highest BCUT2D eigenvalue weighted by Gasteiger charge is 2.26. The van der Waals surface area contributed by atoms with Gasteiger partial charge in [-0.3, -0.25) is 0 Å². The van der Waals surface area contributed by atoms with Crippen molar-refractivity contribution in [2.24, 2.45) is 0 Å². The van der Waals surface area contributed by atoms with Gasteiger partial charge in [0.05, 0.1) is 0 Å². The fourth-order valence-electron chi connectivity index (χ4n) is 2.15. The van der Waals surface area contributed by atoms with Crippen molar-refractivity contribution in [3.63, 3.8) is 0 Å². The van der Waals surface area contributed by atoms with E-state index in [4.69, 9.17) is 16.6 Å². The van der Waals surface area contributed by atoms with Crippen LogP contribution in [0.1, 0.15) is 37.8 Å². The molecule has 1 aromatic heterocycles. The summed E-state index contributed by atoms with van der Waals surface area (Å²) in [5.74, 6) is 2.28. The molecule has 0 amide bonds. The molecule has 0 radical (unpaired) electrons. The molecule has 104 valence electrons. The van der Waals surface area contributed by atoms with Crippen molar-refractivity contribution in [1.29, 1.82) is 0 Å². The standard InChI is InChI=1S/C16H18ClN3/c1-2-8-18-15-10-14(11-6-7-11)19-16(20-15)12-4-3-5-13(17)9-12/h3-5,9-11H,2,6-8H2,1H3,(H,18,19,20). The molecule has 1 aromatic carbocycles. The Morgan fingerprint density at radius 1 is 1.25 bits per heavy atom. The molecule has 1 N–H and O–H groups in total. The molecule has 1 aliphatic rings.